The van der Waals surface area contributed by atoms with Crippen LogP contribution in [0, 0.1) is 5.82 Å². The van der Waals surface area contributed by atoms with E-state index in [4.69, 9.17) is 0 Å². The second-order valence-corrected chi connectivity index (χ2v) is 7.67. The van der Waals surface area contributed by atoms with Crippen LogP contribution in [-0.4, -0.2) is 58.1 Å². The lowest BCUT2D eigenvalue weighted by molar-refractivity contribution is 0.0719. The summed E-state index contributed by atoms with van der Waals surface area (Å²) in [6.07, 6.45) is 0. The molecule has 0 aliphatic carbocycles. The first-order valence-electron chi connectivity index (χ1n) is 10.2. The third-order valence-electron chi connectivity index (χ3n) is 5.56. The van der Waals surface area contributed by atoms with Crippen molar-refractivity contribution in [3.05, 3.63) is 82.4 Å². The third kappa shape index (κ3) is 4.02. The smallest absolute Gasteiger partial charge is 0.275 e. The minimum Gasteiger partial charge on any atom is -0.504 e. The molecule has 3 aromatic rings. The second-order valence-electron chi connectivity index (χ2n) is 7.67. The summed E-state index contributed by atoms with van der Waals surface area (Å²) in [7, 11) is 3.03. The number of carbonyl (C=O) groups is 3. The van der Waals surface area contributed by atoms with E-state index in [2.05, 4.69) is 15.7 Å². The molecule has 3 amide bonds. The highest BCUT2D eigenvalue weighted by atomic mass is 19.1. The van der Waals surface area contributed by atoms with Gasteiger partial charge < -0.3 is 20.6 Å². The maximum absolute atomic E-state index is 13.6. The maximum atomic E-state index is 13.6. The predicted molar refractivity (Wildman–Crippen MR) is 116 cm³/mol. The molecule has 0 spiro atoms. The van der Waals surface area contributed by atoms with Gasteiger partial charge in [-0.05, 0) is 23.3 Å². The Hall–Kier alpha value is -4.21. The lowest BCUT2D eigenvalue weighted by atomic mass is 10.0. The number of likely N-dealkylation sites (N-methyl/N-ethyl adjacent to an activating group) is 1. The summed E-state index contributed by atoms with van der Waals surface area (Å²) < 4.78 is 15.0. The average molecular weight is 451 g/mol. The van der Waals surface area contributed by atoms with Gasteiger partial charge in [0.05, 0.1) is 6.04 Å². The SMILES string of the molecule is CNC(=O)c1cc(F)ccc1CNC(=O)c1nn2c(c1O)C(=O)N(C)C[C@@H]2c1ccccc1. The topological polar surface area (TPSA) is 117 Å². The van der Waals surface area contributed by atoms with Gasteiger partial charge in [0.2, 0.25) is 0 Å². The normalized spacial score (nSPS) is 15.2. The van der Waals surface area contributed by atoms with Crippen LogP contribution in [0.4, 0.5) is 4.39 Å². The summed E-state index contributed by atoms with van der Waals surface area (Å²) in [6, 6.07) is 12.6. The van der Waals surface area contributed by atoms with E-state index < -0.39 is 29.3 Å². The average Bonchev–Trinajstić information content (AvgIpc) is 3.17. The zero-order valence-electron chi connectivity index (χ0n) is 18.0. The molecular formula is C23H22FN5O4. The Balaban J connectivity index is 1.64. The fourth-order valence-electron chi connectivity index (χ4n) is 3.83. The minimum atomic E-state index is -0.733. The van der Waals surface area contributed by atoms with E-state index >= 15 is 0 Å². The summed E-state index contributed by atoms with van der Waals surface area (Å²) in [6.45, 7) is 0.211. The first-order valence-corrected chi connectivity index (χ1v) is 10.2. The molecule has 1 aromatic heterocycles. The number of halogens is 1. The summed E-state index contributed by atoms with van der Waals surface area (Å²) in [5, 5.41) is 20.0. The molecule has 0 bridgehead atoms. The van der Waals surface area contributed by atoms with Crippen molar-refractivity contribution >= 4 is 17.7 Å². The number of hydrogen-bond donors (Lipinski definition) is 3. The van der Waals surface area contributed by atoms with Gasteiger partial charge in [-0.1, -0.05) is 36.4 Å². The molecule has 0 unspecified atom stereocenters. The summed E-state index contributed by atoms with van der Waals surface area (Å²) in [4.78, 5) is 39.1. The lowest BCUT2D eigenvalue weighted by Gasteiger charge is -2.31. The zero-order chi connectivity index (χ0) is 23.7. The Labute approximate surface area is 188 Å². The molecule has 33 heavy (non-hydrogen) atoms. The monoisotopic (exact) mass is 451 g/mol. The van der Waals surface area contributed by atoms with Crippen LogP contribution in [0.25, 0.3) is 0 Å². The summed E-state index contributed by atoms with van der Waals surface area (Å²) >= 11 is 0. The molecule has 1 aliphatic rings. The summed E-state index contributed by atoms with van der Waals surface area (Å²) in [5.41, 5.74) is 0.945. The van der Waals surface area contributed by atoms with Crippen molar-refractivity contribution in [1.82, 2.24) is 25.3 Å². The van der Waals surface area contributed by atoms with E-state index in [1.165, 1.54) is 28.8 Å². The number of aromatic hydroxyl groups is 1. The molecule has 2 aromatic carbocycles. The van der Waals surface area contributed by atoms with Crippen LogP contribution < -0.4 is 10.6 Å². The molecule has 1 aliphatic heterocycles. The Kier molecular flexibility index (Phi) is 5.82. The summed E-state index contributed by atoms with van der Waals surface area (Å²) in [5.74, 6) is -2.79. The molecule has 9 nitrogen and oxygen atoms in total. The first-order chi connectivity index (χ1) is 15.8. The number of amides is 3. The van der Waals surface area contributed by atoms with Crippen LogP contribution in [0.5, 0.6) is 5.75 Å². The van der Waals surface area contributed by atoms with E-state index in [1.54, 1.807) is 7.05 Å². The van der Waals surface area contributed by atoms with Gasteiger partial charge in [0.1, 0.15) is 5.82 Å². The standard InChI is InChI=1S/C23H22FN5O4/c1-25-21(31)16-10-15(24)9-8-14(16)11-26-22(32)18-20(30)19-23(33)28(2)12-17(29(19)27-18)13-6-4-3-5-7-13/h3-10,17,30H,11-12H2,1-2H3,(H,25,31)(H,26,32)/t17-/m1/s1. The highest BCUT2D eigenvalue weighted by Gasteiger charge is 2.37. The molecule has 0 saturated heterocycles. The van der Waals surface area contributed by atoms with Crippen LogP contribution in [0.15, 0.2) is 48.5 Å². The molecule has 1 atom stereocenters. The quantitative estimate of drug-likeness (QED) is 0.546. The number of fused-ring (bicyclic) bond motifs is 1. The number of rotatable bonds is 5. The van der Waals surface area contributed by atoms with Crippen molar-refractivity contribution in [1.29, 1.82) is 0 Å². The van der Waals surface area contributed by atoms with Crippen molar-refractivity contribution in [3.8, 4) is 5.75 Å². The number of benzene rings is 2. The first kappa shape index (κ1) is 22.0. The highest BCUT2D eigenvalue weighted by Crippen LogP contribution is 2.33. The maximum Gasteiger partial charge on any atom is 0.275 e. The highest BCUT2D eigenvalue weighted by molar-refractivity contribution is 6.02. The molecule has 170 valence electrons. The van der Waals surface area contributed by atoms with Crippen LogP contribution in [0.1, 0.15) is 48.5 Å². The number of aromatic nitrogens is 2. The van der Waals surface area contributed by atoms with E-state index in [9.17, 15) is 23.9 Å². The number of hydrogen-bond acceptors (Lipinski definition) is 5. The van der Waals surface area contributed by atoms with Crippen molar-refractivity contribution in [2.24, 2.45) is 0 Å². The van der Waals surface area contributed by atoms with E-state index in [0.29, 0.717) is 12.1 Å². The van der Waals surface area contributed by atoms with Crippen LogP contribution >= 0.6 is 0 Å². The Morgan fingerprint density at radius 3 is 2.61 bits per heavy atom. The molecule has 2 heterocycles. The van der Waals surface area contributed by atoms with Gasteiger partial charge >= 0.3 is 0 Å². The van der Waals surface area contributed by atoms with Gasteiger partial charge in [0.15, 0.2) is 17.1 Å². The second kappa shape index (κ2) is 8.73. The number of nitrogens with zero attached hydrogens (tertiary/aromatic N) is 3. The van der Waals surface area contributed by atoms with Crippen LogP contribution in [-0.2, 0) is 6.54 Å². The van der Waals surface area contributed by atoms with Gasteiger partial charge in [-0.15, -0.1) is 0 Å². The van der Waals surface area contributed by atoms with Crippen LogP contribution in [0.3, 0.4) is 0 Å². The third-order valence-corrected chi connectivity index (χ3v) is 5.56. The molecule has 10 heteroatoms. The molecular weight excluding hydrogens is 429 g/mol. The number of carbonyl (C=O) groups excluding carboxylic acids is 3. The predicted octanol–water partition coefficient (Wildman–Crippen LogP) is 1.69. The molecule has 4 rings (SSSR count). The lowest BCUT2D eigenvalue weighted by Crippen LogP contribution is -2.41. The van der Waals surface area contributed by atoms with Crippen molar-refractivity contribution in [2.45, 2.75) is 12.6 Å². The van der Waals surface area contributed by atoms with E-state index in [0.717, 1.165) is 11.6 Å². The van der Waals surface area contributed by atoms with Crippen molar-refractivity contribution < 1.29 is 23.9 Å². The molecule has 3 N–H and O–H groups in total. The van der Waals surface area contributed by atoms with Crippen molar-refractivity contribution in [2.75, 3.05) is 20.6 Å². The van der Waals surface area contributed by atoms with Gasteiger partial charge in [0.25, 0.3) is 17.7 Å². The Bertz CT molecular complexity index is 1240. The Morgan fingerprint density at radius 2 is 1.91 bits per heavy atom. The largest absolute Gasteiger partial charge is 0.504 e. The van der Waals surface area contributed by atoms with Crippen LogP contribution in [0.2, 0.25) is 0 Å². The Morgan fingerprint density at radius 1 is 1.18 bits per heavy atom. The number of nitrogens with one attached hydrogen (secondary N) is 2. The van der Waals surface area contributed by atoms with Gasteiger partial charge in [-0.3, -0.25) is 14.4 Å². The molecule has 0 fully saturated rings. The van der Waals surface area contributed by atoms with E-state index in [-0.39, 0.29) is 29.5 Å². The zero-order valence-corrected chi connectivity index (χ0v) is 18.0. The van der Waals surface area contributed by atoms with Gasteiger partial charge in [-0.2, -0.15) is 5.10 Å². The fraction of sp³-hybridized carbons (Fsp3) is 0.217. The van der Waals surface area contributed by atoms with Gasteiger partial charge in [0, 0.05) is 32.7 Å². The van der Waals surface area contributed by atoms with E-state index in [1.807, 2.05) is 30.3 Å². The fourth-order valence-corrected chi connectivity index (χ4v) is 3.83. The minimum absolute atomic E-state index is 0.0735. The molecule has 0 radical (unpaired) electrons. The van der Waals surface area contributed by atoms with Crippen molar-refractivity contribution in [3.63, 3.8) is 0 Å². The molecule has 0 saturated carbocycles. The van der Waals surface area contributed by atoms with Gasteiger partial charge in [-0.25, -0.2) is 9.07 Å².